The highest BCUT2D eigenvalue weighted by molar-refractivity contribution is 6.06. The van der Waals surface area contributed by atoms with Gasteiger partial charge < -0.3 is 9.74 Å². The van der Waals surface area contributed by atoms with Crippen LogP contribution in [0.3, 0.4) is 0 Å². The fourth-order valence-electron chi connectivity index (χ4n) is 3.93. The van der Waals surface area contributed by atoms with Crippen molar-refractivity contribution < 1.29 is 14.6 Å². The number of nitro groups is 1. The van der Waals surface area contributed by atoms with Crippen molar-refractivity contribution in [3.63, 3.8) is 0 Å². The number of rotatable bonds is 3. The highest BCUT2D eigenvalue weighted by Crippen LogP contribution is 2.38. The first-order chi connectivity index (χ1) is 11.1. The van der Waals surface area contributed by atoms with E-state index in [1.807, 2.05) is 4.90 Å². The molecule has 3 aliphatic rings. The maximum Gasteiger partial charge on any atom is 0.278 e. The lowest BCUT2D eigenvalue weighted by Gasteiger charge is -2.28. The van der Waals surface area contributed by atoms with Gasteiger partial charge in [-0.2, -0.15) is 0 Å². The van der Waals surface area contributed by atoms with E-state index < -0.39 is 11.0 Å². The summed E-state index contributed by atoms with van der Waals surface area (Å²) in [6, 6.07) is 6.75. The molecule has 1 saturated carbocycles. The van der Waals surface area contributed by atoms with Crippen molar-refractivity contribution in [2.75, 3.05) is 6.54 Å². The molecule has 1 aromatic rings. The zero-order valence-corrected chi connectivity index (χ0v) is 12.6. The van der Waals surface area contributed by atoms with Gasteiger partial charge in [0.25, 0.3) is 11.6 Å². The molecule has 0 radical (unpaired) electrons. The third-order valence-corrected chi connectivity index (χ3v) is 5.05. The molecule has 0 aromatic heterocycles. The van der Waals surface area contributed by atoms with Crippen LogP contribution in [-0.4, -0.2) is 40.1 Å². The lowest BCUT2D eigenvalue weighted by molar-refractivity contribution is -0.385. The Hall–Kier alpha value is -2.44. The van der Waals surface area contributed by atoms with E-state index in [4.69, 9.17) is 4.84 Å². The number of hydrogen-bond donors (Lipinski definition) is 0. The number of hydrogen-bond acceptors (Lipinski definition) is 5. The predicted molar refractivity (Wildman–Crippen MR) is 82.0 cm³/mol. The van der Waals surface area contributed by atoms with Crippen LogP contribution in [0, 0.1) is 16.0 Å². The molecule has 2 aliphatic heterocycles. The van der Waals surface area contributed by atoms with Gasteiger partial charge in [0.05, 0.1) is 16.2 Å². The average molecular weight is 315 g/mol. The Labute approximate surface area is 133 Å². The molecule has 1 amide bonds. The molecule has 3 atom stereocenters. The largest absolute Gasteiger partial charge is 0.382 e. The topological polar surface area (TPSA) is 85.0 Å². The maximum atomic E-state index is 12.6. The van der Waals surface area contributed by atoms with Gasteiger partial charge in [-0.25, -0.2) is 0 Å². The Bertz CT molecular complexity index is 702. The fraction of sp³-hybridized carbons (Fsp3) is 0.500. The Morgan fingerprint density at radius 1 is 1.35 bits per heavy atom. The molecule has 2 heterocycles. The molecule has 2 fully saturated rings. The van der Waals surface area contributed by atoms with Crippen molar-refractivity contribution in [3.05, 3.63) is 39.9 Å². The van der Waals surface area contributed by atoms with Crippen LogP contribution in [0.2, 0.25) is 0 Å². The summed E-state index contributed by atoms with van der Waals surface area (Å²) in [5, 5.41) is 15.1. The molecule has 7 heteroatoms. The summed E-state index contributed by atoms with van der Waals surface area (Å²) in [5.74, 6) is 0.593. The van der Waals surface area contributed by atoms with Crippen molar-refractivity contribution in [2.24, 2.45) is 11.1 Å². The first kappa shape index (κ1) is 14.2. The second-order valence-electron chi connectivity index (χ2n) is 6.43. The molecule has 1 saturated heterocycles. The molecule has 0 N–H and O–H groups in total. The first-order valence-corrected chi connectivity index (χ1v) is 7.90. The number of likely N-dealkylation sites (tertiary alicyclic amines) is 1. The van der Waals surface area contributed by atoms with E-state index in [1.54, 1.807) is 18.2 Å². The Balaban J connectivity index is 1.49. The van der Waals surface area contributed by atoms with Gasteiger partial charge in [-0.3, -0.25) is 14.9 Å². The second kappa shape index (κ2) is 5.33. The third-order valence-electron chi connectivity index (χ3n) is 5.05. The van der Waals surface area contributed by atoms with Gasteiger partial charge >= 0.3 is 0 Å². The van der Waals surface area contributed by atoms with Crippen LogP contribution in [0.15, 0.2) is 29.4 Å². The lowest BCUT2D eigenvalue weighted by atomic mass is 10.0. The van der Waals surface area contributed by atoms with Gasteiger partial charge in [-0.05, 0) is 31.2 Å². The zero-order chi connectivity index (χ0) is 16.0. The molecule has 7 nitrogen and oxygen atoms in total. The summed E-state index contributed by atoms with van der Waals surface area (Å²) in [4.78, 5) is 30.5. The first-order valence-electron chi connectivity index (χ1n) is 7.90. The van der Waals surface area contributed by atoms with Gasteiger partial charge in [0.2, 0.25) is 6.10 Å². The number of piperidine rings is 1. The van der Waals surface area contributed by atoms with Crippen molar-refractivity contribution in [3.8, 4) is 0 Å². The number of nitro benzene ring substituents is 1. The molecule has 0 unspecified atom stereocenters. The Morgan fingerprint density at radius 2 is 2.17 bits per heavy atom. The van der Waals surface area contributed by atoms with E-state index in [0.717, 1.165) is 19.4 Å². The van der Waals surface area contributed by atoms with Crippen LogP contribution in [0.1, 0.15) is 31.2 Å². The molecule has 4 rings (SSSR count). The molecule has 0 spiro atoms. The predicted octanol–water partition coefficient (Wildman–Crippen LogP) is 2.10. The number of nitrogens with zero attached hydrogens (tertiary/aromatic N) is 3. The van der Waals surface area contributed by atoms with Gasteiger partial charge in [-0.1, -0.05) is 17.3 Å². The van der Waals surface area contributed by atoms with Gasteiger partial charge in [0, 0.05) is 25.1 Å². The molecule has 23 heavy (non-hydrogen) atoms. The number of carbonyl (C=O) groups is 1. The summed E-state index contributed by atoms with van der Waals surface area (Å²) in [5.41, 5.74) is 0.888. The smallest absolute Gasteiger partial charge is 0.278 e. The van der Waals surface area contributed by atoms with Crippen LogP contribution < -0.4 is 0 Å². The summed E-state index contributed by atoms with van der Waals surface area (Å²) < 4.78 is 0. The number of para-hydroxylation sites is 1. The normalized spacial score (nSPS) is 28.6. The summed E-state index contributed by atoms with van der Waals surface area (Å²) in [6.07, 6.45) is 3.01. The Morgan fingerprint density at radius 3 is 2.87 bits per heavy atom. The van der Waals surface area contributed by atoms with Crippen LogP contribution in [0.4, 0.5) is 5.69 Å². The third kappa shape index (κ3) is 2.36. The fourth-order valence-corrected chi connectivity index (χ4v) is 3.93. The summed E-state index contributed by atoms with van der Waals surface area (Å²) in [7, 11) is 0. The highest BCUT2D eigenvalue weighted by atomic mass is 16.6. The molecular formula is C16H17N3O4. The molecular weight excluding hydrogens is 298 g/mol. The van der Waals surface area contributed by atoms with Crippen LogP contribution >= 0.6 is 0 Å². The summed E-state index contributed by atoms with van der Waals surface area (Å²) in [6.45, 7) is 0.810. The molecule has 120 valence electrons. The number of fused-ring (bicyclic) bond motifs is 2. The molecule has 1 aliphatic carbocycles. The number of oxime groups is 1. The van der Waals surface area contributed by atoms with E-state index >= 15 is 0 Å². The second-order valence-corrected chi connectivity index (χ2v) is 6.43. The number of benzene rings is 1. The Kier molecular flexibility index (Phi) is 3.28. The quantitative estimate of drug-likeness (QED) is 0.631. The standard InChI is InChI=1S/C16H17N3O4/c20-16(18-9-10-5-6-11(18)7-10)15-8-13(17-23-15)12-3-1-2-4-14(12)19(21)22/h1-4,10-11,15H,5-9H2/t10-,11-,15+/m0/s1. The van der Waals surface area contributed by atoms with Crippen LogP contribution in [0.5, 0.6) is 0 Å². The van der Waals surface area contributed by atoms with Gasteiger partial charge in [0.15, 0.2) is 0 Å². The lowest BCUT2D eigenvalue weighted by Crippen LogP contribution is -2.43. The minimum atomic E-state index is -0.649. The average Bonchev–Trinajstić information content (AvgIpc) is 3.30. The minimum Gasteiger partial charge on any atom is -0.382 e. The SMILES string of the molecule is O=C([C@H]1CC(c2ccccc2[N+](=O)[O-])=NO1)N1C[C@H]2CC[C@H]1C2. The van der Waals surface area contributed by atoms with Crippen molar-refractivity contribution in [2.45, 2.75) is 37.8 Å². The van der Waals surface area contributed by atoms with Gasteiger partial charge in [-0.15, -0.1) is 0 Å². The highest BCUT2D eigenvalue weighted by Gasteiger charge is 2.44. The van der Waals surface area contributed by atoms with E-state index in [1.165, 1.54) is 12.5 Å². The maximum absolute atomic E-state index is 12.6. The molecule has 2 bridgehead atoms. The number of carbonyl (C=O) groups excluding carboxylic acids is 1. The van der Waals surface area contributed by atoms with E-state index in [9.17, 15) is 14.9 Å². The van der Waals surface area contributed by atoms with E-state index in [2.05, 4.69) is 5.16 Å². The van der Waals surface area contributed by atoms with Gasteiger partial charge in [0.1, 0.15) is 0 Å². The van der Waals surface area contributed by atoms with Crippen LogP contribution in [0.25, 0.3) is 0 Å². The van der Waals surface area contributed by atoms with Crippen molar-refractivity contribution >= 4 is 17.3 Å². The monoisotopic (exact) mass is 315 g/mol. The van der Waals surface area contributed by atoms with Crippen molar-refractivity contribution in [1.29, 1.82) is 0 Å². The molecule has 1 aromatic carbocycles. The van der Waals surface area contributed by atoms with Crippen molar-refractivity contribution in [1.82, 2.24) is 4.90 Å². The van der Waals surface area contributed by atoms with E-state index in [0.29, 0.717) is 23.2 Å². The zero-order valence-electron chi connectivity index (χ0n) is 12.6. The summed E-state index contributed by atoms with van der Waals surface area (Å²) >= 11 is 0. The minimum absolute atomic E-state index is 0.0109. The van der Waals surface area contributed by atoms with Crippen LogP contribution in [-0.2, 0) is 9.63 Å². The number of amides is 1. The van der Waals surface area contributed by atoms with E-state index in [-0.39, 0.29) is 18.0 Å².